The second-order valence-electron chi connectivity index (χ2n) is 5.40. The van der Waals surface area contributed by atoms with Gasteiger partial charge in [0.05, 0.1) is 17.5 Å². The summed E-state index contributed by atoms with van der Waals surface area (Å²) in [6, 6.07) is 5.81. The van der Waals surface area contributed by atoms with Crippen LogP contribution in [0.3, 0.4) is 0 Å². The summed E-state index contributed by atoms with van der Waals surface area (Å²) < 4.78 is 1.64. The molecule has 0 aliphatic heterocycles. The van der Waals surface area contributed by atoms with Gasteiger partial charge in [-0.15, -0.1) is 11.3 Å². The van der Waals surface area contributed by atoms with E-state index < -0.39 is 0 Å². The largest absolute Gasteiger partial charge is 0.396 e. The van der Waals surface area contributed by atoms with Gasteiger partial charge in [0.15, 0.2) is 5.65 Å². The Morgan fingerprint density at radius 1 is 1.48 bits per heavy atom. The molecular formula is C16H18N4O2S. The molecule has 0 aliphatic carbocycles. The summed E-state index contributed by atoms with van der Waals surface area (Å²) in [6.07, 6.45) is 3.97. The number of aromatic nitrogens is 3. The Bertz CT molecular complexity index is 798. The molecule has 0 spiro atoms. The molecule has 3 rings (SSSR count). The third kappa shape index (κ3) is 3.40. The van der Waals surface area contributed by atoms with E-state index in [2.05, 4.69) is 15.4 Å². The van der Waals surface area contributed by atoms with Crippen molar-refractivity contribution in [1.29, 1.82) is 0 Å². The molecule has 0 saturated carbocycles. The van der Waals surface area contributed by atoms with E-state index in [-0.39, 0.29) is 18.4 Å². The highest BCUT2D eigenvalue weighted by Crippen LogP contribution is 2.14. The minimum atomic E-state index is -0.197. The van der Waals surface area contributed by atoms with Gasteiger partial charge in [-0.1, -0.05) is 6.07 Å². The lowest BCUT2D eigenvalue weighted by molar-refractivity contribution is 0.0938. The van der Waals surface area contributed by atoms with Crippen LogP contribution in [0.15, 0.2) is 36.0 Å². The van der Waals surface area contributed by atoms with Crippen molar-refractivity contribution in [2.45, 2.75) is 13.3 Å². The average Bonchev–Trinajstić information content (AvgIpc) is 3.23. The van der Waals surface area contributed by atoms with Gasteiger partial charge in [-0.05, 0) is 24.8 Å². The van der Waals surface area contributed by atoms with Crippen molar-refractivity contribution in [1.82, 2.24) is 19.9 Å². The fraction of sp³-hybridized carbons (Fsp3) is 0.312. The number of aliphatic hydroxyl groups is 1. The van der Waals surface area contributed by atoms with Crippen LogP contribution in [0.4, 0.5) is 0 Å². The number of carbonyl (C=O) groups is 1. The Hall–Kier alpha value is -2.25. The summed E-state index contributed by atoms with van der Waals surface area (Å²) >= 11 is 1.66. The van der Waals surface area contributed by atoms with Crippen LogP contribution in [0, 0.1) is 12.8 Å². The van der Waals surface area contributed by atoms with E-state index in [0.29, 0.717) is 17.8 Å². The van der Waals surface area contributed by atoms with Gasteiger partial charge in [-0.2, -0.15) is 5.10 Å². The highest BCUT2D eigenvalue weighted by molar-refractivity contribution is 7.09. The van der Waals surface area contributed by atoms with Crippen molar-refractivity contribution in [3.8, 4) is 0 Å². The molecule has 0 bridgehead atoms. The molecule has 1 atom stereocenters. The van der Waals surface area contributed by atoms with Crippen molar-refractivity contribution in [3.05, 3.63) is 52.1 Å². The lowest BCUT2D eigenvalue weighted by atomic mass is 10.1. The van der Waals surface area contributed by atoms with Crippen LogP contribution in [0.1, 0.15) is 20.9 Å². The molecule has 6 nitrogen and oxygen atoms in total. The van der Waals surface area contributed by atoms with Crippen molar-refractivity contribution in [3.63, 3.8) is 0 Å². The van der Waals surface area contributed by atoms with E-state index in [1.165, 1.54) is 4.88 Å². The second kappa shape index (κ2) is 6.89. The van der Waals surface area contributed by atoms with E-state index in [4.69, 9.17) is 0 Å². The molecule has 120 valence electrons. The van der Waals surface area contributed by atoms with Crippen molar-refractivity contribution >= 4 is 22.9 Å². The zero-order valence-electron chi connectivity index (χ0n) is 12.8. The predicted molar refractivity (Wildman–Crippen MR) is 88.7 cm³/mol. The van der Waals surface area contributed by atoms with Gasteiger partial charge in [0.2, 0.25) is 0 Å². The van der Waals surface area contributed by atoms with E-state index in [9.17, 15) is 9.90 Å². The van der Waals surface area contributed by atoms with Gasteiger partial charge < -0.3 is 10.4 Å². The van der Waals surface area contributed by atoms with E-state index in [1.807, 2.05) is 24.4 Å². The number of aliphatic hydroxyl groups excluding tert-OH is 1. The maximum Gasteiger partial charge on any atom is 0.254 e. The van der Waals surface area contributed by atoms with Crippen LogP contribution < -0.4 is 5.32 Å². The van der Waals surface area contributed by atoms with Crippen LogP contribution in [0.25, 0.3) is 5.65 Å². The smallest absolute Gasteiger partial charge is 0.254 e. The number of thiophene rings is 1. The second-order valence-corrected chi connectivity index (χ2v) is 6.43. The predicted octanol–water partition coefficient (Wildman–Crippen LogP) is 1.68. The fourth-order valence-corrected chi connectivity index (χ4v) is 3.28. The van der Waals surface area contributed by atoms with Gasteiger partial charge in [-0.25, -0.2) is 9.50 Å². The molecule has 0 fully saturated rings. The number of carbonyl (C=O) groups excluding carboxylic acids is 1. The maximum atomic E-state index is 12.4. The van der Waals surface area contributed by atoms with Crippen LogP contribution >= 0.6 is 11.3 Å². The molecule has 0 aliphatic rings. The van der Waals surface area contributed by atoms with E-state index in [1.54, 1.807) is 34.3 Å². The molecule has 0 unspecified atom stereocenters. The van der Waals surface area contributed by atoms with Gasteiger partial charge >= 0.3 is 0 Å². The number of hydrogen-bond acceptors (Lipinski definition) is 5. The summed E-state index contributed by atoms with van der Waals surface area (Å²) in [6.45, 7) is 2.29. The quantitative estimate of drug-likeness (QED) is 0.721. The third-order valence-electron chi connectivity index (χ3n) is 3.78. The number of fused-ring (bicyclic) bond motifs is 1. The van der Waals surface area contributed by atoms with Crippen molar-refractivity contribution < 1.29 is 9.90 Å². The molecule has 0 aromatic carbocycles. The summed E-state index contributed by atoms with van der Waals surface area (Å²) in [5.74, 6) is -0.198. The minimum Gasteiger partial charge on any atom is -0.396 e. The van der Waals surface area contributed by atoms with E-state index in [0.717, 1.165) is 12.1 Å². The van der Waals surface area contributed by atoms with Crippen LogP contribution in [0.5, 0.6) is 0 Å². The Balaban J connectivity index is 1.66. The lowest BCUT2D eigenvalue weighted by Gasteiger charge is -2.15. The molecule has 0 saturated heterocycles. The SMILES string of the molecule is Cc1c(C(=O)NC[C@@H](CO)Cc2cccs2)cnc2ccnn12. The topological polar surface area (TPSA) is 79.5 Å². The average molecular weight is 330 g/mol. The first-order valence-electron chi connectivity index (χ1n) is 7.40. The zero-order valence-corrected chi connectivity index (χ0v) is 13.6. The first-order chi connectivity index (χ1) is 11.2. The normalized spacial score (nSPS) is 12.4. The van der Waals surface area contributed by atoms with Gasteiger partial charge in [0.25, 0.3) is 5.91 Å². The standard InChI is InChI=1S/C16H18N4O2S/c1-11-14(9-17-15-4-5-19-20(11)15)16(22)18-8-12(10-21)7-13-3-2-6-23-13/h2-6,9,12,21H,7-8,10H2,1H3,(H,18,22)/t12-/m0/s1. The van der Waals surface area contributed by atoms with E-state index >= 15 is 0 Å². The third-order valence-corrected chi connectivity index (χ3v) is 4.68. The zero-order chi connectivity index (χ0) is 16.2. The fourth-order valence-electron chi connectivity index (χ4n) is 2.46. The highest BCUT2D eigenvalue weighted by Gasteiger charge is 2.15. The Morgan fingerprint density at radius 2 is 2.35 bits per heavy atom. The molecule has 3 aromatic rings. The Kier molecular flexibility index (Phi) is 4.68. The first-order valence-corrected chi connectivity index (χ1v) is 8.27. The number of nitrogens with zero attached hydrogens (tertiary/aromatic N) is 3. The summed E-state index contributed by atoms with van der Waals surface area (Å²) in [5.41, 5.74) is 1.95. The van der Waals surface area contributed by atoms with Gasteiger partial charge in [0, 0.05) is 36.2 Å². The number of hydrogen-bond donors (Lipinski definition) is 2. The van der Waals surface area contributed by atoms with Crippen LogP contribution in [0.2, 0.25) is 0 Å². The highest BCUT2D eigenvalue weighted by atomic mass is 32.1. The molecule has 3 heterocycles. The first kappa shape index (κ1) is 15.6. The Morgan fingerprint density at radius 3 is 3.09 bits per heavy atom. The lowest BCUT2D eigenvalue weighted by Crippen LogP contribution is -2.32. The van der Waals surface area contributed by atoms with Gasteiger partial charge in [-0.3, -0.25) is 4.79 Å². The van der Waals surface area contributed by atoms with Gasteiger partial charge in [0.1, 0.15) is 0 Å². The number of amides is 1. The summed E-state index contributed by atoms with van der Waals surface area (Å²) in [7, 11) is 0. The molecule has 2 N–H and O–H groups in total. The number of aryl methyl sites for hydroxylation is 1. The van der Waals surface area contributed by atoms with Crippen LogP contribution in [-0.4, -0.2) is 38.8 Å². The molecule has 23 heavy (non-hydrogen) atoms. The van der Waals surface area contributed by atoms with Crippen molar-refractivity contribution in [2.24, 2.45) is 5.92 Å². The minimum absolute atomic E-state index is 0.000648. The monoisotopic (exact) mass is 330 g/mol. The maximum absolute atomic E-state index is 12.4. The summed E-state index contributed by atoms with van der Waals surface area (Å²) in [4.78, 5) is 17.8. The molecule has 7 heteroatoms. The molecular weight excluding hydrogens is 312 g/mol. The van der Waals surface area contributed by atoms with Crippen molar-refractivity contribution in [2.75, 3.05) is 13.2 Å². The number of nitrogens with one attached hydrogen (secondary N) is 1. The number of rotatable bonds is 6. The summed E-state index contributed by atoms with van der Waals surface area (Å²) in [5, 5.41) is 18.6. The Labute approximate surface area is 137 Å². The van der Waals surface area contributed by atoms with Crippen LogP contribution in [-0.2, 0) is 6.42 Å². The molecule has 3 aromatic heterocycles. The molecule has 1 amide bonds. The molecule has 0 radical (unpaired) electrons.